The van der Waals surface area contributed by atoms with Crippen LogP contribution in [0.15, 0.2) is 54.6 Å². The minimum absolute atomic E-state index is 0.138. The molecule has 0 radical (unpaired) electrons. The molecule has 1 aliphatic rings. The van der Waals surface area contributed by atoms with E-state index in [9.17, 15) is 5.11 Å². The number of hydrogen-bond acceptors (Lipinski definition) is 3. The molecule has 2 aromatic carbocycles. The van der Waals surface area contributed by atoms with Gasteiger partial charge in [0.25, 0.3) is 0 Å². The van der Waals surface area contributed by atoms with Gasteiger partial charge in [0.2, 0.25) is 0 Å². The Morgan fingerprint density at radius 1 is 1.14 bits per heavy atom. The standard InChI is InChI=1S/C19H23NO2/c1-14-10-11-18(20-14)19(21)16-8-5-9-17(12-16)22-13-15-6-3-2-4-7-15/h2-9,12,14,18-21H,10-11,13H2,1H3/t14-,18-,19-/m1/s1. The van der Waals surface area contributed by atoms with Gasteiger partial charge in [-0.15, -0.1) is 0 Å². The Morgan fingerprint density at radius 2 is 1.95 bits per heavy atom. The number of ether oxygens (including phenoxy) is 1. The fourth-order valence-corrected chi connectivity index (χ4v) is 2.97. The molecule has 0 bridgehead atoms. The molecular formula is C19H23NO2. The molecule has 0 spiro atoms. The number of hydrogen-bond donors (Lipinski definition) is 2. The fraction of sp³-hybridized carbons (Fsp3) is 0.368. The molecule has 0 amide bonds. The first-order valence-corrected chi connectivity index (χ1v) is 7.93. The highest BCUT2D eigenvalue weighted by Gasteiger charge is 2.27. The largest absolute Gasteiger partial charge is 0.489 e. The average molecular weight is 297 g/mol. The van der Waals surface area contributed by atoms with Crippen LogP contribution in [0.2, 0.25) is 0 Å². The van der Waals surface area contributed by atoms with E-state index in [1.54, 1.807) is 0 Å². The zero-order valence-electron chi connectivity index (χ0n) is 12.9. The highest BCUT2D eigenvalue weighted by Crippen LogP contribution is 2.27. The van der Waals surface area contributed by atoms with Gasteiger partial charge in [0.05, 0.1) is 6.10 Å². The third-order valence-electron chi connectivity index (χ3n) is 4.24. The first-order chi connectivity index (χ1) is 10.7. The van der Waals surface area contributed by atoms with Gasteiger partial charge in [0.1, 0.15) is 12.4 Å². The Labute approximate surface area is 131 Å². The number of rotatable bonds is 5. The van der Waals surface area contributed by atoms with Crippen molar-refractivity contribution in [2.45, 2.75) is 44.6 Å². The van der Waals surface area contributed by atoms with E-state index in [1.165, 1.54) is 0 Å². The van der Waals surface area contributed by atoms with Crippen molar-refractivity contribution in [3.8, 4) is 5.75 Å². The summed E-state index contributed by atoms with van der Waals surface area (Å²) in [5.41, 5.74) is 2.05. The van der Waals surface area contributed by atoms with Gasteiger partial charge in [-0.05, 0) is 43.0 Å². The second kappa shape index (κ2) is 6.95. The minimum atomic E-state index is -0.481. The number of aliphatic hydroxyl groups excluding tert-OH is 1. The Morgan fingerprint density at radius 3 is 2.68 bits per heavy atom. The van der Waals surface area contributed by atoms with Crippen LogP contribution in [0.3, 0.4) is 0 Å². The van der Waals surface area contributed by atoms with Crippen LogP contribution in [0.25, 0.3) is 0 Å². The normalized spacial score (nSPS) is 22.5. The lowest BCUT2D eigenvalue weighted by Gasteiger charge is -2.20. The summed E-state index contributed by atoms with van der Waals surface area (Å²) in [5.74, 6) is 0.798. The minimum Gasteiger partial charge on any atom is -0.489 e. The third-order valence-corrected chi connectivity index (χ3v) is 4.24. The van der Waals surface area contributed by atoms with Crippen LogP contribution in [0.4, 0.5) is 0 Å². The number of benzene rings is 2. The van der Waals surface area contributed by atoms with Gasteiger partial charge < -0.3 is 15.2 Å². The van der Waals surface area contributed by atoms with Gasteiger partial charge in [0, 0.05) is 12.1 Å². The van der Waals surface area contributed by atoms with E-state index in [2.05, 4.69) is 12.2 Å². The summed E-state index contributed by atoms with van der Waals surface area (Å²) in [7, 11) is 0. The van der Waals surface area contributed by atoms with Gasteiger partial charge in [0.15, 0.2) is 0 Å². The van der Waals surface area contributed by atoms with Crippen LogP contribution >= 0.6 is 0 Å². The van der Waals surface area contributed by atoms with Crippen LogP contribution in [0, 0.1) is 0 Å². The van der Waals surface area contributed by atoms with Crippen molar-refractivity contribution >= 4 is 0 Å². The second-order valence-electron chi connectivity index (χ2n) is 6.04. The summed E-state index contributed by atoms with van der Waals surface area (Å²) in [6.45, 7) is 2.70. The van der Waals surface area contributed by atoms with E-state index in [0.717, 1.165) is 29.7 Å². The molecule has 1 heterocycles. The lowest BCUT2D eigenvalue weighted by molar-refractivity contribution is 0.135. The third kappa shape index (κ3) is 3.67. The summed E-state index contributed by atoms with van der Waals surface area (Å²) in [6.07, 6.45) is 1.65. The molecule has 3 atom stereocenters. The van der Waals surface area contributed by atoms with E-state index in [4.69, 9.17) is 4.74 Å². The lowest BCUT2D eigenvalue weighted by atomic mass is 10.0. The molecule has 1 fully saturated rings. The van der Waals surface area contributed by atoms with E-state index in [0.29, 0.717) is 12.6 Å². The van der Waals surface area contributed by atoms with Crippen molar-refractivity contribution in [2.24, 2.45) is 0 Å². The maximum atomic E-state index is 10.5. The molecular weight excluding hydrogens is 274 g/mol. The summed E-state index contributed by atoms with van der Waals surface area (Å²) >= 11 is 0. The van der Waals surface area contributed by atoms with Crippen LogP contribution in [0.5, 0.6) is 5.75 Å². The first kappa shape index (κ1) is 15.1. The second-order valence-corrected chi connectivity index (χ2v) is 6.04. The topological polar surface area (TPSA) is 41.5 Å². The molecule has 3 heteroatoms. The molecule has 3 rings (SSSR count). The zero-order valence-corrected chi connectivity index (χ0v) is 12.9. The molecule has 0 aliphatic carbocycles. The van der Waals surface area contributed by atoms with E-state index in [1.807, 2.05) is 54.6 Å². The SMILES string of the molecule is C[C@@H]1CC[C@H]([C@H](O)c2cccc(OCc3ccccc3)c2)N1. The van der Waals surface area contributed by atoms with Gasteiger partial charge >= 0.3 is 0 Å². The molecule has 22 heavy (non-hydrogen) atoms. The van der Waals surface area contributed by atoms with Gasteiger partial charge in [-0.3, -0.25) is 0 Å². The predicted octanol–water partition coefficient (Wildman–Crippen LogP) is 3.44. The maximum absolute atomic E-state index is 10.5. The van der Waals surface area contributed by atoms with Gasteiger partial charge in [-0.1, -0.05) is 42.5 Å². The monoisotopic (exact) mass is 297 g/mol. The maximum Gasteiger partial charge on any atom is 0.120 e. The molecule has 2 N–H and O–H groups in total. The lowest BCUT2D eigenvalue weighted by Crippen LogP contribution is -2.32. The van der Waals surface area contributed by atoms with Crippen molar-refractivity contribution in [3.63, 3.8) is 0 Å². The summed E-state index contributed by atoms with van der Waals surface area (Å²) in [6, 6.07) is 18.5. The van der Waals surface area contributed by atoms with Crippen molar-refractivity contribution in [1.29, 1.82) is 0 Å². The van der Waals surface area contributed by atoms with Gasteiger partial charge in [-0.25, -0.2) is 0 Å². The molecule has 0 aromatic heterocycles. The predicted molar refractivity (Wildman–Crippen MR) is 87.8 cm³/mol. The zero-order chi connectivity index (χ0) is 15.4. The number of nitrogens with one attached hydrogen (secondary N) is 1. The first-order valence-electron chi connectivity index (χ1n) is 7.93. The molecule has 1 aliphatic heterocycles. The highest BCUT2D eigenvalue weighted by atomic mass is 16.5. The summed E-state index contributed by atoms with van der Waals surface area (Å²) < 4.78 is 5.84. The Hall–Kier alpha value is -1.84. The molecule has 2 aromatic rings. The molecule has 116 valence electrons. The van der Waals surface area contributed by atoms with E-state index in [-0.39, 0.29) is 6.04 Å². The Bertz CT molecular complexity index is 599. The molecule has 3 nitrogen and oxygen atoms in total. The summed E-state index contributed by atoms with van der Waals surface area (Å²) in [4.78, 5) is 0. The van der Waals surface area contributed by atoms with Gasteiger partial charge in [-0.2, -0.15) is 0 Å². The highest BCUT2D eigenvalue weighted by molar-refractivity contribution is 5.31. The Kier molecular flexibility index (Phi) is 4.76. The summed E-state index contributed by atoms with van der Waals surface area (Å²) in [5, 5.41) is 14.0. The van der Waals surface area contributed by atoms with Crippen molar-refractivity contribution in [3.05, 3.63) is 65.7 Å². The van der Waals surface area contributed by atoms with Crippen LogP contribution in [-0.4, -0.2) is 17.2 Å². The van der Waals surface area contributed by atoms with E-state index < -0.39 is 6.10 Å². The fourth-order valence-electron chi connectivity index (χ4n) is 2.97. The molecule has 0 saturated carbocycles. The van der Waals surface area contributed by atoms with Crippen molar-refractivity contribution in [2.75, 3.05) is 0 Å². The smallest absolute Gasteiger partial charge is 0.120 e. The van der Waals surface area contributed by atoms with Crippen LogP contribution < -0.4 is 10.1 Å². The van der Waals surface area contributed by atoms with Crippen molar-refractivity contribution < 1.29 is 9.84 Å². The van der Waals surface area contributed by atoms with Crippen LogP contribution in [-0.2, 0) is 6.61 Å². The number of aliphatic hydroxyl groups is 1. The van der Waals surface area contributed by atoms with Crippen LogP contribution in [0.1, 0.15) is 37.0 Å². The van der Waals surface area contributed by atoms with Crippen molar-refractivity contribution in [1.82, 2.24) is 5.32 Å². The van der Waals surface area contributed by atoms with E-state index >= 15 is 0 Å². The molecule has 1 saturated heterocycles. The molecule has 0 unspecified atom stereocenters. The quantitative estimate of drug-likeness (QED) is 0.888. The average Bonchev–Trinajstić information content (AvgIpc) is 3.00. The Balaban J connectivity index is 1.64.